The zero-order chi connectivity index (χ0) is 25.8. The molecule has 0 bridgehead atoms. The van der Waals surface area contributed by atoms with Gasteiger partial charge in [-0.3, -0.25) is 9.59 Å². The fourth-order valence-electron chi connectivity index (χ4n) is 3.48. The molecule has 8 nitrogen and oxygen atoms in total. The van der Waals surface area contributed by atoms with Gasteiger partial charge < -0.3 is 9.47 Å². The number of thioether (sulfide) groups is 2. The predicted octanol–water partition coefficient (Wildman–Crippen LogP) is 6.17. The minimum absolute atomic E-state index is 0.225. The molecule has 1 aliphatic carbocycles. The summed E-state index contributed by atoms with van der Waals surface area (Å²) in [6.45, 7) is 4.17. The molecule has 0 unspecified atom stereocenters. The first-order valence-corrected chi connectivity index (χ1v) is 15.3. The third-order valence-electron chi connectivity index (χ3n) is 5.33. The number of nitrogens with zero attached hydrogens (tertiary/aromatic N) is 4. The van der Waals surface area contributed by atoms with Crippen LogP contribution >= 0.6 is 62.1 Å². The number of hydrogen-bond donors (Lipinski definition) is 0. The van der Waals surface area contributed by atoms with E-state index >= 15 is 0 Å². The maximum absolute atomic E-state index is 11.3. The van der Waals surface area contributed by atoms with Gasteiger partial charge in [-0.05, 0) is 54.1 Å². The van der Waals surface area contributed by atoms with Crippen LogP contribution in [0.25, 0.3) is 20.4 Å². The van der Waals surface area contributed by atoms with Crippen LogP contribution in [-0.4, -0.2) is 57.6 Å². The molecule has 13 heteroatoms. The Kier molecular flexibility index (Phi) is 9.20. The summed E-state index contributed by atoms with van der Waals surface area (Å²) < 4.78 is 10.3. The second-order valence-electron chi connectivity index (χ2n) is 7.77. The standard InChI is InChI=1S/C13H14N2O2S2.C10H9BrN2O2S2/c1-7-10(8-3-4-8)11-12(18-5-9(16)17-2)14-6-15-13(11)19-7;1-5-8(11)7-9(16-3-6(14)15-2)12-4-13-10(7)17-5/h6,8H,3-5H2,1-2H3;4H,3H2,1-2H3. The van der Waals surface area contributed by atoms with Gasteiger partial charge >= 0.3 is 11.9 Å². The maximum atomic E-state index is 11.3. The third kappa shape index (κ3) is 6.18. The second-order valence-corrected chi connectivity index (χ2v) is 12.9. The molecule has 0 aliphatic heterocycles. The molecule has 0 radical (unpaired) electrons. The van der Waals surface area contributed by atoms with Crippen LogP contribution in [0, 0.1) is 13.8 Å². The Labute approximate surface area is 233 Å². The summed E-state index contributed by atoms with van der Waals surface area (Å²) in [4.78, 5) is 44.0. The van der Waals surface area contributed by atoms with Crippen LogP contribution in [-0.2, 0) is 19.1 Å². The van der Waals surface area contributed by atoms with Gasteiger partial charge in [0.25, 0.3) is 0 Å². The summed E-state index contributed by atoms with van der Waals surface area (Å²) in [5.74, 6) is 0.727. The number of carbonyl (C=O) groups excluding carboxylic acids is 2. The number of fused-ring (bicyclic) bond motifs is 2. The van der Waals surface area contributed by atoms with Crippen molar-refractivity contribution in [3.05, 3.63) is 32.4 Å². The zero-order valence-electron chi connectivity index (χ0n) is 20.0. The number of ether oxygens (including phenoxy) is 2. The number of methoxy groups -OCH3 is 2. The van der Waals surface area contributed by atoms with Crippen molar-refractivity contribution in [1.82, 2.24) is 19.9 Å². The molecule has 4 aromatic rings. The number of aromatic nitrogens is 4. The Morgan fingerprint density at radius 3 is 1.92 bits per heavy atom. The molecule has 36 heavy (non-hydrogen) atoms. The van der Waals surface area contributed by atoms with Crippen molar-refractivity contribution in [2.24, 2.45) is 0 Å². The SMILES string of the molecule is COC(=O)CSc1ncnc2sc(C)c(Br)c12.COC(=O)CSc1ncnc2sc(C)c(C3CC3)c12. The highest BCUT2D eigenvalue weighted by Gasteiger charge is 2.30. The maximum Gasteiger partial charge on any atom is 0.316 e. The van der Waals surface area contributed by atoms with E-state index in [1.54, 1.807) is 29.0 Å². The summed E-state index contributed by atoms with van der Waals surface area (Å²) in [5, 5.41) is 3.84. The van der Waals surface area contributed by atoms with E-state index in [4.69, 9.17) is 0 Å². The minimum atomic E-state index is -0.259. The third-order valence-corrected chi connectivity index (χ3v) is 10.5. The molecule has 4 aromatic heterocycles. The summed E-state index contributed by atoms with van der Waals surface area (Å²) in [6, 6.07) is 0. The van der Waals surface area contributed by atoms with Crippen molar-refractivity contribution in [3.63, 3.8) is 0 Å². The van der Waals surface area contributed by atoms with Crippen molar-refractivity contribution >= 4 is 94.5 Å². The topological polar surface area (TPSA) is 104 Å². The first-order valence-electron chi connectivity index (χ1n) is 10.9. The van der Waals surface area contributed by atoms with Crippen molar-refractivity contribution in [2.45, 2.75) is 42.7 Å². The molecule has 1 saturated carbocycles. The number of thiophene rings is 2. The lowest BCUT2D eigenvalue weighted by molar-refractivity contribution is -0.138. The number of rotatable bonds is 7. The predicted molar refractivity (Wildman–Crippen MR) is 149 cm³/mol. The quantitative estimate of drug-likeness (QED) is 0.134. The van der Waals surface area contributed by atoms with E-state index in [0.29, 0.717) is 11.7 Å². The first-order chi connectivity index (χ1) is 17.3. The molecule has 0 amide bonds. The highest BCUT2D eigenvalue weighted by molar-refractivity contribution is 9.10. The van der Waals surface area contributed by atoms with Crippen LogP contribution in [0.15, 0.2) is 27.2 Å². The van der Waals surface area contributed by atoms with E-state index in [9.17, 15) is 9.59 Å². The lowest BCUT2D eigenvalue weighted by Gasteiger charge is -2.04. The van der Waals surface area contributed by atoms with Crippen molar-refractivity contribution < 1.29 is 19.1 Å². The number of esters is 2. The normalized spacial score (nSPS) is 12.9. The average molecular weight is 628 g/mol. The van der Waals surface area contributed by atoms with Gasteiger partial charge in [-0.1, -0.05) is 23.5 Å². The number of carbonyl (C=O) groups is 2. The molecule has 0 spiro atoms. The van der Waals surface area contributed by atoms with Crippen molar-refractivity contribution in [1.29, 1.82) is 0 Å². The van der Waals surface area contributed by atoms with Gasteiger partial charge in [-0.25, -0.2) is 19.9 Å². The Balaban J connectivity index is 0.000000170. The lowest BCUT2D eigenvalue weighted by Crippen LogP contribution is -2.03. The van der Waals surface area contributed by atoms with Gasteiger partial charge in [0, 0.05) is 19.6 Å². The van der Waals surface area contributed by atoms with E-state index < -0.39 is 0 Å². The highest BCUT2D eigenvalue weighted by Crippen LogP contribution is 2.49. The van der Waals surface area contributed by atoms with Crippen molar-refractivity contribution in [3.8, 4) is 0 Å². The molecule has 1 fully saturated rings. The summed E-state index contributed by atoms with van der Waals surface area (Å²) in [7, 11) is 2.78. The van der Waals surface area contributed by atoms with Gasteiger partial charge in [0.1, 0.15) is 32.4 Å². The van der Waals surface area contributed by atoms with E-state index in [2.05, 4.69) is 52.3 Å². The molecule has 0 saturated heterocycles. The molecule has 190 valence electrons. The fourth-order valence-corrected chi connectivity index (χ4v) is 8.13. The van der Waals surface area contributed by atoms with Crippen LogP contribution in [0.4, 0.5) is 0 Å². The van der Waals surface area contributed by atoms with Gasteiger partial charge in [0.15, 0.2) is 0 Å². The Morgan fingerprint density at radius 1 is 0.889 bits per heavy atom. The second kappa shape index (κ2) is 12.2. The largest absolute Gasteiger partial charge is 0.468 e. The van der Waals surface area contributed by atoms with Crippen LogP contribution in [0.5, 0.6) is 0 Å². The molecule has 4 heterocycles. The molecule has 0 aromatic carbocycles. The first kappa shape index (κ1) is 27.2. The Hall–Kier alpha value is -1.80. The Bertz CT molecular complexity index is 1420. The monoisotopic (exact) mass is 626 g/mol. The highest BCUT2D eigenvalue weighted by atomic mass is 79.9. The smallest absolute Gasteiger partial charge is 0.316 e. The van der Waals surface area contributed by atoms with Crippen LogP contribution in [0.2, 0.25) is 0 Å². The van der Waals surface area contributed by atoms with E-state index in [0.717, 1.165) is 39.8 Å². The summed E-state index contributed by atoms with van der Waals surface area (Å²) in [6.07, 6.45) is 5.60. The lowest BCUT2D eigenvalue weighted by atomic mass is 10.1. The van der Waals surface area contributed by atoms with Gasteiger partial charge in [0.2, 0.25) is 0 Å². The zero-order valence-corrected chi connectivity index (χ0v) is 24.8. The average Bonchev–Trinajstić information content (AvgIpc) is 3.59. The molecular formula is C23H23BrN4O4S4. The minimum Gasteiger partial charge on any atom is -0.468 e. The van der Waals surface area contributed by atoms with Crippen LogP contribution in [0.1, 0.15) is 34.1 Å². The van der Waals surface area contributed by atoms with Crippen LogP contribution < -0.4 is 0 Å². The molecule has 5 rings (SSSR count). The summed E-state index contributed by atoms with van der Waals surface area (Å²) >= 11 is 9.65. The number of halogens is 1. The fraction of sp³-hybridized carbons (Fsp3) is 0.391. The van der Waals surface area contributed by atoms with Gasteiger partial charge in [0.05, 0.1) is 31.1 Å². The molecule has 0 atom stereocenters. The van der Waals surface area contributed by atoms with Gasteiger partial charge in [-0.2, -0.15) is 0 Å². The number of aryl methyl sites for hydroxylation is 2. The number of hydrogen-bond acceptors (Lipinski definition) is 12. The molecular weight excluding hydrogens is 604 g/mol. The Morgan fingerprint density at radius 2 is 1.39 bits per heavy atom. The van der Waals surface area contributed by atoms with Crippen molar-refractivity contribution in [2.75, 3.05) is 25.7 Å². The summed E-state index contributed by atoms with van der Waals surface area (Å²) in [5.41, 5.74) is 1.40. The van der Waals surface area contributed by atoms with E-state index in [-0.39, 0.29) is 17.7 Å². The molecule has 1 aliphatic rings. The van der Waals surface area contributed by atoms with Crippen LogP contribution in [0.3, 0.4) is 0 Å². The molecule has 0 N–H and O–H groups in total. The van der Waals surface area contributed by atoms with E-state index in [1.165, 1.54) is 67.4 Å². The van der Waals surface area contributed by atoms with Gasteiger partial charge in [-0.15, -0.1) is 22.7 Å². The van der Waals surface area contributed by atoms with E-state index in [1.807, 2.05) is 6.92 Å².